The molecule has 1 aliphatic heterocycles. The Kier molecular flexibility index (Phi) is 3.47. The van der Waals surface area contributed by atoms with Crippen LogP contribution in [0.2, 0.25) is 0 Å². The quantitative estimate of drug-likeness (QED) is 0.904. The van der Waals surface area contributed by atoms with Gasteiger partial charge in [0.2, 0.25) is 11.8 Å². The minimum absolute atomic E-state index is 0.00925. The Labute approximate surface area is 121 Å². The van der Waals surface area contributed by atoms with Gasteiger partial charge in [0.15, 0.2) is 0 Å². The highest BCUT2D eigenvalue weighted by Gasteiger charge is 2.27. The van der Waals surface area contributed by atoms with E-state index in [-0.39, 0.29) is 18.4 Å². The van der Waals surface area contributed by atoms with Crippen LogP contribution in [0.4, 0.5) is 5.82 Å². The van der Waals surface area contributed by atoms with Crippen molar-refractivity contribution in [2.75, 3.05) is 11.4 Å². The second-order valence-electron chi connectivity index (χ2n) is 4.95. The van der Waals surface area contributed by atoms with Gasteiger partial charge in [-0.15, -0.1) is 0 Å². The molecule has 2 amide bonds. The normalized spacial score (nSPS) is 14.1. The van der Waals surface area contributed by atoms with Crippen molar-refractivity contribution in [3.8, 4) is 0 Å². The van der Waals surface area contributed by atoms with Crippen molar-refractivity contribution in [3.05, 3.63) is 35.9 Å². The van der Waals surface area contributed by atoms with Gasteiger partial charge >= 0.3 is 0 Å². The van der Waals surface area contributed by atoms with Gasteiger partial charge in [-0.2, -0.15) is 5.10 Å². The zero-order chi connectivity index (χ0) is 14.8. The standard InChI is InChI=1S/C14H16N4O3/c1-10-7-13-17(14(20)4-5-18(13)16-10)9-12(19)15-8-11-3-2-6-21-11/h2-3,6-7H,4-5,8-9H2,1H3,(H,15,19). The summed E-state index contributed by atoms with van der Waals surface area (Å²) in [4.78, 5) is 25.5. The van der Waals surface area contributed by atoms with E-state index in [0.29, 0.717) is 31.1 Å². The van der Waals surface area contributed by atoms with Crippen LogP contribution >= 0.6 is 0 Å². The Hall–Kier alpha value is -2.57. The van der Waals surface area contributed by atoms with Gasteiger partial charge < -0.3 is 9.73 Å². The van der Waals surface area contributed by atoms with Crippen molar-refractivity contribution in [2.24, 2.45) is 0 Å². The van der Waals surface area contributed by atoms with Crippen LogP contribution in [-0.4, -0.2) is 28.1 Å². The number of aryl methyl sites for hydroxylation is 2. The Morgan fingerprint density at radius 2 is 2.38 bits per heavy atom. The second kappa shape index (κ2) is 5.43. The maximum Gasteiger partial charge on any atom is 0.240 e. The number of fused-ring (bicyclic) bond motifs is 1. The summed E-state index contributed by atoms with van der Waals surface area (Å²) in [5.74, 6) is 1.06. The van der Waals surface area contributed by atoms with Crippen LogP contribution in [-0.2, 0) is 22.7 Å². The van der Waals surface area contributed by atoms with Gasteiger partial charge in [-0.05, 0) is 19.1 Å². The van der Waals surface area contributed by atoms with Gasteiger partial charge in [-0.1, -0.05) is 0 Å². The molecule has 0 radical (unpaired) electrons. The smallest absolute Gasteiger partial charge is 0.240 e. The number of hydrogen-bond acceptors (Lipinski definition) is 4. The first-order chi connectivity index (χ1) is 10.1. The van der Waals surface area contributed by atoms with E-state index in [1.54, 1.807) is 23.1 Å². The van der Waals surface area contributed by atoms with Crippen molar-refractivity contribution in [1.82, 2.24) is 15.1 Å². The first-order valence-electron chi connectivity index (χ1n) is 6.77. The van der Waals surface area contributed by atoms with E-state index in [9.17, 15) is 9.59 Å². The third-order valence-corrected chi connectivity index (χ3v) is 3.34. The molecule has 21 heavy (non-hydrogen) atoms. The molecule has 3 rings (SSSR count). The number of carbonyl (C=O) groups is 2. The first-order valence-corrected chi connectivity index (χ1v) is 6.77. The predicted molar refractivity (Wildman–Crippen MR) is 74.5 cm³/mol. The highest BCUT2D eigenvalue weighted by atomic mass is 16.3. The summed E-state index contributed by atoms with van der Waals surface area (Å²) in [6, 6.07) is 5.36. The molecular weight excluding hydrogens is 272 g/mol. The molecule has 2 aromatic rings. The summed E-state index contributed by atoms with van der Waals surface area (Å²) in [6.07, 6.45) is 1.91. The highest BCUT2D eigenvalue weighted by Crippen LogP contribution is 2.21. The Bertz CT molecular complexity index is 660. The number of aromatic nitrogens is 2. The number of rotatable bonds is 4. The summed E-state index contributed by atoms with van der Waals surface area (Å²) in [5, 5.41) is 7.04. The predicted octanol–water partition coefficient (Wildman–Crippen LogP) is 0.838. The lowest BCUT2D eigenvalue weighted by atomic mass is 10.2. The molecular formula is C14H16N4O3. The second-order valence-corrected chi connectivity index (χ2v) is 4.95. The van der Waals surface area contributed by atoms with Crippen molar-refractivity contribution in [3.63, 3.8) is 0 Å². The van der Waals surface area contributed by atoms with E-state index in [2.05, 4.69) is 10.4 Å². The van der Waals surface area contributed by atoms with E-state index >= 15 is 0 Å². The highest BCUT2D eigenvalue weighted by molar-refractivity contribution is 5.98. The average molecular weight is 288 g/mol. The van der Waals surface area contributed by atoms with E-state index in [1.807, 2.05) is 13.0 Å². The molecule has 0 atom stereocenters. The fourth-order valence-corrected chi connectivity index (χ4v) is 2.35. The molecule has 0 aliphatic carbocycles. The molecule has 0 saturated carbocycles. The van der Waals surface area contributed by atoms with E-state index in [0.717, 1.165) is 5.69 Å². The maximum absolute atomic E-state index is 12.0. The SMILES string of the molecule is Cc1cc2n(n1)CCC(=O)N2CC(=O)NCc1ccco1. The summed E-state index contributed by atoms with van der Waals surface area (Å²) in [6.45, 7) is 2.73. The fourth-order valence-electron chi connectivity index (χ4n) is 2.35. The average Bonchev–Trinajstić information content (AvgIpc) is 3.08. The van der Waals surface area contributed by atoms with Gasteiger partial charge in [-0.25, -0.2) is 4.68 Å². The van der Waals surface area contributed by atoms with Crippen molar-refractivity contribution in [1.29, 1.82) is 0 Å². The van der Waals surface area contributed by atoms with Gasteiger partial charge in [0.05, 0.1) is 25.0 Å². The summed E-state index contributed by atoms with van der Waals surface area (Å²) in [5.41, 5.74) is 0.834. The minimum atomic E-state index is -0.230. The van der Waals surface area contributed by atoms with Crippen LogP contribution in [0.15, 0.2) is 28.9 Å². The number of nitrogens with one attached hydrogen (secondary N) is 1. The number of amides is 2. The van der Waals surface area contributed by atoms with Crippen LogP contribution in [0, 0.1) is 6.92 Å². The summed E-state index contributed by atoms with van der Waals surface area (Å²) >= 11 is 0. The minimum Gasteiger partial charge on any atom is -0.467 e. The number of anilines is 1. The molecule has 0 aromatic carbocycles. The van der Waals surface area contributed by atoms with Crippen LogP contribution < -0.4 is 10.2 Å². The number of furan rings is 1. The van der Waals surface area contributed by atoms with Gasteiger partial charge in [0.25, 0.3) is 0 Å². The third kappa shape index (κ3) is 2.81. The number of hydrogen-bond donors (Lipinski definition) is 1. The number of carbonyl (C=O) groups excluding carboxylic acids is 2. The monoisotopic (exact) mass is 288 g/mol. The Balaban J connectivity index is 1.66. The maximum atomic E-state index is 12.0. The topological polar surface area (TPSA) is 80.4 Å². The molecule has 3 heterocycles. The third-order valence-electron chi connectivity index (χ3n) is 3.34. The molecule has 0 unspecified atom stereocenters. The lowest BCUT2D eigenvalue weighted by molar-refractivity contribution is -0.124. The number of nitrogens with zero attached hydrogens (tertiary/aromatic N) is 3. The van der Waals surface area contributed by atoms with Crippen molar-refractivity contribution in [2.45, 2.75) is 26.4 Å². The van der Waals surface area contributed by atoms with Crippen LogP contribution in [0.3, 0.4) is 0 Å². The molecule has 110 valence electrons. The van der Waals surface area contributed by atoms with Gasteiger partial charge in [0.1, 0.15) is 18.1 Å². The lowest BCUT2D eigenvalue weighted by Crippen LogP contribution is -2.44. The molecule has 1 aliphatic rings. The van der Waals surface area contributed by atoms with Crippen LogP contribution in [0.1, 0.15) is 17.9 Å². The zero-order valence-electron chi connectivity index (χ0n) is 11.7. The molecule has 2 aromatic heterocycles. The van der Waals surface area contributed by atoms with Crippen molar-refractivity contribution >= 4 is 17.6 Å². The molecule has 0 bridgehead atoms. The van der Waals surface area contributed by atoms with E-state index < -0.39 is 0 Å². The largest absolute Gasteiger partial charge is 0.467 e. The summed E-state index contributed by atoms with van der Waals surface area (Å²) in [7, 11) is 0. The molecule has 0 fully saturated rings. The summed E-state index contributed by atoms with van der Waals surface area (Å²) < 4.78 is 6.91. The zero-order valence-corrected chi connectivity index (χ0v) is 11.7. The van der Waals surface area contributed by atoms with E-state index in [1.165, 1.54) is 4.90 Å². The fraction of sp³-hybridized carbons (Fsp3) is 0.357. The lowest BCUT2D eigenvalue weighted by Gasteiger charge is -2.26. The molecule has 7 nitrogen and oxygen atoms in total. The van der Waals surface area contributed by atoms with Gasteiger partial charge in [-0.3, -0.25) is 14.5 Å². The van der Waals surface area contributed by atoms with Crippen molar-refractivity contribution < 1.29 is 14.0 Å². The molecule has 1 N–H and O–H groups in total. The Morgan fingerprint density at radius 1 is 1.52 bits per heavy atom. The first kappa shape index (κ1) is 13.4. The van der Waals surface area contributed by atoms with E-state index in [4.69, 9.17) is 4.42 Å². The molecule has 0 spiro atoms. The molecule has 7 heteroatoms. The molecule has 0 saturated heterocycles. The van der Waals surface area contributed by atoms with Gasteiger partial charge in [0, 0.05) is 12.5 Å². The van der Waals surface area contributed by atoms with Crippen LogP contribution in [0.5, 0.6) is 0 Å². The Morgan fingerprint density at radius 3 is 3.14 bits per heavy atom. The van der Waals surface area contributed by atoms with Crippen LogP contribution in [0.25, 0.3) is 0 Å².